The molecule has 1 atom stereocenters. The zero-order valence-corrected chi connectivity index (χ0v) is 16.0. The first-order valence-electron chi connectivity index (χ1n) is 10.5. The van der Waals surface area contributed by atoms with Crippen LogP contribution in [0.2, 0.25) is 0 Å². The molecule has 2 aromatic heterocycles. The summed E-state index contributed by atoms with van der Waals surface area (Å²) >= 11 is 0. The minimum absolute atomic E-state index is 0.156. The average Bonchev–Trinajstić information content (AvgIpc) is 3.35. The predicted molar refractivity (Wildman–Crippen MR) is 104 cm³/mol. The van der Waals surface area contributed by atoms with Gasteiger partial charge in [0.15, 0.2) is 5.65 Å². The zero-order chi connectivity index (χ0) is 18.5. The second-order valence-corrected chi connectivity index (χ2v) is 7.92. The maximum atomic E-state index is 12.2. The SMILES string of the molecule is O=C(CCC1CCCCC1)NCCn1nc([C@@H]2CCNC2)c2nccnc21. The number of nitrogens with zero attached hydrogens (tertiary/aromatic N) is 4. The van der Waals surface area contributed by atoms with Gasteiger partial charge in [-0.15, -0.1) is 0 Å². The van der Waals surface area contributed by atoms with Crippen LogP contribution in [0.15, 0.2) is 12.4 Å². The lowest BCUT2D eigenvalue weighted by Crippen LogP contribution is -2.28. The number of rotatable bonds is 7. The fraction of sp³-hybridized carbons (Fsp3) is 0.700. The summed E-state index contributed by atoms with van der Waals surface area (Å²) in [5.74, 6) is 1.30. The highest BCUT2D eigenvalue weighted by atomic mass is 16.1. The molecule has 2 fully saturated rings. The number of hydrogen-bond acceptors (Lipinski definition) is 5. The first-order valence-corrected chi connectivity index (χ1v) is 10.5. The van der Waals surface area contributed by atoms with Gasteiger partial charge in [0.05, 0.1) is 12.2 Å². The number of carbonyl (C=O) groups is 1. The normalized spacial score (nSPS) is 21.0. The molecule has 1 saturated carbocycles. The van der Waals surface area contributed by atoms with E-state index in [-0.39, 0.29) is 5.91 Å². The van der Waals surface area contributed by atoms with Crippen molar-refractivity contribution in [1.29, 1.82) is 0 Å². The molecule has 1 saturated heterocycles. The van der Waals surface area contributed by atoms with Crippen molar-refractivity contribution in [3.05, 3.63) is 18.1 Å². The topological polar surface area (TPSA) is 84.7 Å². The molecule has 0 aromatic carbocycles. The molecule has 0 unspecified atom stereocenters. The maximum absolute atomic E-state index is 12.2. The molecule has 27 heavy (non-hydrogen) atoms. The molecule has 1 aliphatic carbocycles. The average molecular weight is 371 g/mol. The van der Waals surface area contributed by atoms with Crippen molar-refractivity contribution in [3.63, 3.8) is 0 Å². The van der Waals surface area contributed by atoms with Crippen molar-refractivity contribution in [3.8, 4) is 0 Å². The number of nitrogens with one attached hydrogen (secondary N) is 2. The summed E-state index contributed by atoms with van der Waals surface area (Å²) in [6.45, 7) is 3.18. The molecule has 7 nitrogen and oxygen atoms in total. The molecule has 2 N–H and O–H groups in total. The van der Waals surface area contributed by atoms with Crippen molar-refractivity contribution in [2.24, 2.45) is 5.92 Å². The first kappa shape index (κ1) is 18.3. The Kier molecular flexibility index (Phi) is 5.97. The Morgan fingerprint density at radius 1 is 1.19 bits per heavy atom. The Balaban J connectivity index is 1.31. The lowest BCUT2D eigenvalue weighted by molar-refractivity contribution is -0.121. The van der Waals surface area contributed by atoms with Crippen LogP contribution in [0.5, 0.6) is 0 Å². The standard InChI is InChI=1S/C20H30N6O/c27-17(7-6-15-4-2-1-3-5-15)22-12-13-26-20-19(23-10-11-24-20)18(25-26)16-8-9-21-14-16/h10-11,15-16,21H,1-9,12-14H2,(H,22,27)/t16-/m1/s1. The third-order valence-corrected chi connectivity index (χ3v) is 5.99. The molecule has 3 heterocycles. The summed E-state index contributed by atoms with van der Waals surface area (Å²) in [6.07, 6.45) is 12.8. The third-order valence-electron chi connectivity index (χ3n) is 5.99. The van der Waals surface area contributed by atoms with Crippen molar-refractivity contribution in [2.45, 2.75) is 63.8 Å². The monoisotopic (exact) mass is 370 g/mol. The van der Waals surface area contributed by atoms with Crippen molar-refractivity contribution in [1.82, 2.24) is 30.4 Å². The number of aromatic nitrogens is 4. The highest BCUT2D eigenvalue weighted by Gasteiger charge is 2.24. The van der Waals surface area contributed by atoms with Gasteiger partial charge in [-0.2, -0.15) is 5.10 Å². The first-order chi connectivity index (χ1) is 13.3. The molecular weight excluding hydrogens is 340 g/mol. The smallest absolute Gasteiger partial charge is 0.220 e. The molecule has 0 radical (unpaired) electrons. The van der Waals surface area contributed by atoms with Gasteiger partial charge >= 0.3 is 0 Å². The molecule has 2 aromatic rings. The molecule has 0 spiro atoms. The Labute approximate surface area is 160 Å². The summed E-state index contributed by atoms with van der Waals surface area (Å²) in [5.41, 5.74) is 2.75. The van der Waals surface area contributed by atoms with Crippen molar-refractivity contribution in [2.75, 3.05) is 19.6 Å². The number of hydrogen-bond donors (Lipinski definition) is 2. The van der Waals surface area contributed by atoms with Crippen LogP contribution in [0, 0.1) is 5.92 Å². The lowest BCUT2D eigenvalue weighted by Gasteiger charge is -2.20. The molecule has 2 aliphatic rings. The van der Waals surface area contributed by atoms with E-state index in [2.05, 4.69) is 20.6 Å². The molecule has 1 amide bonds. The number of carbonyl (C=O) groups excluding carboxylic acids is 1. The van der Waals surface area contributed by atoms with Gasteiger partial charge in [0, 0.05) is 37.8 Å². The number of fused-ring (bicyclic) bond motifs is 1. The molecule has 4 rings (SSSR count). The van der Waals surface area contributed by atoms with E-state index < -0.39 is 0 Å². The van der Waals surface area contributed by atoms with Crippen LogP contribution < -0.4 is 10.6 Å². The summed E-state index contributed by atoms with van der Waals surface area (Å²) in [6, 6.07) is 0. The molecule has 0 bridgehead atoms. The predicted octanol–water partition coefficient (Wildman–Crippen LogP) is 2.38. The Bertz CT molecular complexity index is 761. The second kappa shape index (κ2) is 8.78. The summed E-state index contributed by atoms with van der Waals surface area (Å²) < 4.78 is 1.90. The van der Waals surface area contributed by atoms with E-state index in [0.717, 1.165) is 48.7 Å². The minimum Gasteiger partial charge on any atom is -0.354 e. The second-order valence-electron chi connectivity index (χ2n) is 7.92. The van der Waals surface area contributed by atoms with Crippen LogP contribution in [0.4, 0.5) is 0 Å². The van der Waals surface area contributed by atoms with Gasteiger partial charge in [0.2, 0.25) is 5.91 Å². The lowest BCUT2D eigenvalue weighted by atomic mass is 9.86. The summed E-state index contributed by atoms with van der Waals surface area (Å²) in [7, 11) is 0. The molecular formula is C20H30N6O. The third kappa shape index (κ3) is 4.46. The van der Waals surface area contributed by atoms with E-state index in [4.69, 9.17) is 5.10 Å². The van der Waals surface area contributed by atoms with Gasteiger partial charge in [0.25, 0.3) is 0 Å². The van der Waals surface area contributed by atoms with Gasteiger partial charge in [-0.05, 0) is 25.3 Å². The quantitative estimate of drug-likeness (QED) is 0.782. The minimum atomic E-state index is 0.156. The van der Waals surface area contributed by atoms with Crippen LogP contribution in [0.1, 0.15) is 63.0 Å². The Morgan fingerprint density at radius 3 is 2.85 bits per heavy atom. The van der Waals surface area contributed by atoms with E-state index in [1.54, 1.807) is 12.4 Å². The van der Waals surface area contributed by atoms with Gasteiger partial charge in [-0.3, -0.25) is 4.79 Å². The van der Waals surface area contributed by atoms with E-state index >= 15 is 0 Å². The fourth-order valence-corrected chi connectivity index (χ4v) is 4.44. The van der Waals surface area contributed by atoms with Gasteiger partial charge < -0.3 is 10.6 Å². The highest BCUT2D eigenvalue weighted by molar-refractivity contribution is 5.76. The molecule has 1 aliphatic heterocycles. The number of amides is 1. The summed E-state index contributed by atoms with van der Waals surface area (Å²) in [5, 5.41) is 11.2. The zero-order valence-electron chi connectivity index (χ0n) is 16.0. The fourth-order valence-electron chi connectivity index (χ4n) is 4.44. The van der Waals surface area contributed by atoms with Crippen molar-refractivity contribution >= 4 is 17.1 Å². The van der Waals surface area contributed by atoms with Crippen molar-refractivity contribution < 1.29 is 4.79 Å². The molecule has 146 valence electrons. The largest absolute Gasteiger partial charge is 0.354 e. The molecule has 7 heteroatoms. The van der Waals surface area contributed by atoms with E-state index in [9.17, 15) is 4.79 Å². The summed E-state index contributed by atoms with van der Waals surface area (Å²) in [4.78, 5) is 21.2. The van der Waals surface area contributed by atoms with E-state index in [1.165, 1.54) is 32.1 Å². The Morgan fingerprint density at radius 2 is 2.04 bits per heavy atom. The Hall–Kier alpha value is -2.02. The van der Waals surface area contributed by atoms with Crippen LogP contribution in [0.25, 0.3) is 11.2 Å². The van der Waals surface area contributed by atoms with Gasteiger partial charge in [0.1, 0.15) is 5.52 Å². The highest BCUT2D eigenvalue weighted by Crippen LogP contribution is 2.27. The van der Waals surface area contributed by atoms with Gasteiger partial charge in [-0.25, -0.2) is 14.6 Å². The van der Waals surface area contributed by atoms with Crippen LogP contribution >= 0.6 is 0 Å². The van der Waals surface area contributed by atoms with E-state index in [0.29, 0.717) is 25.4 Å². The maximum Gasteiger partial charge on any atom is 0.220 e. The van der Waals surface area contributed by atoms with E-state index in [1.807, 2.05) is 4.68 Å². The van der Waals surface area contributed by atoms with Gasteiger partial charge in [-0.1, -0.05) is 32.1 Å². The van der Waals surface area contributed by atoms with Crippen LogP contribution in [0.3, 0.4) is 0 Å². The van der Waals surface area contributed by atoms with Crippen LogP contribution in [-0.4, -0.2) is 45.3 Å². The van der Waals surface area contributed by atoms with Crippen LogP contribution in [-0.2, 0) is 11.3 Å².